The Hall–Kier alpha value is -1.44. The van der Waals surface area contributed by atoms with E-state index in [2.05, 4.69) is 0 Å². The summed E-state index contributed by atoms with van der Waals surface area (Å²) >= 11 is 0. The smallest absolute Gasteiger partial charge is 0.311 e. The first kappa shape index (κ1) is 23.6. The van der Waals surface area contributed by atoms with E-state index in [0.717, 1.165) is 0 Å². The number of hydrogen-bond acceptors (Lipinski definition) is 7. The third-order valence-electron chi connectivity index (χ3n) is 4.11. The van der Waals surface area contributed by atoms with Crippen LogP contribution in [0.5, 0.6) is 0 Å². The Labute approximate surface area is 161 Å². The standard InChI is InChI=1S/C20H34O7/c1-19(2,3)17(23)25-11-15-13(21)9-7-8-10-14(22)16(27-15)12-26-18(24)20(4,5)6/h7-8,13-16,21-22H,9-12H2,1-6H3/b8-7-/t13-,14+,15+,16-. The van der Waals surface area contributed by atoms with Crippen LogP contribution in [0.4, 0.5) is 0 Å². The molecule has 0 saturated carbocycles. The molecular formula is C20H34O7. The van der Waals surface area contributed by atoms with E-state index in [1.54, 1.807) is 53.7 Å². The van der Waals surface area contributed by atoms with Gasteiger partial charge in [0.1, 0.15) is 25.4 Å². The second-order valence-electron chi connectivity index (χ2n) is 8.99. The fraction of sp³-hybridized carbons (Fsp3) is 0.800. The van der Waals surface area contributed by atoms with Crippen LogP contribution in [0.2, 0.25) is 0 Å². The zero-order valence-electron chi connectivity index (χ0n) is 17.2. The molecule has 0 amide bonds. The van der Waals surface area contributed by atoms with Crippen LogP contribution >= 0.6 is 0 Å². The first-order chi connectivity index (χ1) is 12.3. The van der Waals surface area contributed by atoms with Gasteiger partial charge < -0.3 is 24.4 Å². The highest BCUT2D eigenvalue weighted by molar-refractivity contribution is 5.75. The topological polar surface area (TPSA) is 102 Å². The molecule has 2 N–H and O–H groups in total. The fourth-order valence-electron chi connectivity index (χ4n) is 2.23. The van der Waals surface area contributed by atoms with Crippen molar-refractivity contribution < 1.29 is 34.0 Å². The van der Waals surface area contributed by atoms with Crippen molar-refractivity contribution in [2.24, 2.45) is 10.8 Å². The van der Waals surface area contributed by atoms with Gasteiger partial charge in [-0.15, -0.1) is 0 Å². The van der Waals surface area contributed by atoms with Crippen LogP contribution in [0, 0.1) is 10.8 Å². The highest BCUT2D eigenvalue weighted by Gasteiger charge is 2.33. The minimum absolute atomic E-state index is 0.151. The second kappa shape index (κ2) is 9.66. The predicted octanol–water partition coefficient (Wildman–Crippen LogP) is 1.99. The molecule has 1 heterocycles. The zero-order valence-corrected chi connectivity index (χ0v) is 17.2. The van der Waals surface area contributed by atoms with E-state index >= 15 is 0 Å². The molecular weight excluding hydrogens is 352 g/mol. The summed E-state index contributed by atoms with van der Waals surface area (Å²) < 4.78 is 16.4. The molecule has 0 saturated heterocycles. The summed E-state index contributed by atoms with van der Waals surface area (Å²) in [5, 5.41) is 20.7. The van der Waals surface area contributed by atoms with Gasteiger partial charge >= 0.3 is 11.9 Å². The molecule has 0 aromatic carbocycles. The Kier molecular flexibility index (Phi) is 8.45. The molecule has 7 heteroatoms. The van der Waals surface area contributed by atoms with Gasteiger partial charge in [0, 0.05) is 0 Å². The molecule has 0 spiro atoms. The Morgan fingerprint density at radius 2 is 1.19 bits per heavy atom. The number of carbonyl (C=O) groups excluding carboxylic acids is 2. The molecule has 1 aliphatic heterocycles. The average molecular weight is 386 g/mol. The van der Waals surface area contributed by atoms with Crippen LogP contribution in [0.15, 0.2) is 12.2 Å². The van der Waals surface area contributed by atoms with Crippen molar-refractivity contribution in [1.29, 1.82) is 0 Å². The minimum Gasteiger partial charge on any atom is -0.462 e. The largest absolute Gasteiger partial charge is 0.462 e. The van der Waals surface area contributed by atoms with Crippen LogP contribution < -0.4 is 0 Å². The fourth-order valence-corrected chi connectivity index (χ4v) is 2.23. The van der Waals surface area contributed by atoms with Crippen LogP contribution in [-0.2, 0) is 23.8 Å². The molecule has 7 nitrogen and oxygen atoms in total. The summed E-state index contributed by atoms with van der Waals surface area (Å²) in [6.07, 6.45) is 0.593. The van der Waals surface area contributed by atoms with E-state index in [-0.39, 0.29) is 13.2 Å². The van der Waals surface area contributed by atoms with Gasteiger partial charge in [-0.3, -0.25) is 9.59 Å². The second-order valence-corrected chi connectivity index (χ2v) is 8.99. The molecule has 156 valence electrons. The number of aliphatic hydroxyl groups excluding tert-OH is 2. The Morgan fingerprint density at radius 1 is 0.852 bits per heavy atom. The third-order valence-corrected chi connectivity index (χ3v) is 4.11. The summed E-state index contributed by atoms with van der Waals surface area (Å²) in [6, 6.07) is 0. The lowest BCUT2D eigenvalue weighted by molar-refractivity contribution is -0.179. The van der Waals surface area contributed by atoms with Gasteiger partial charge in [-0.2, -0.15) is 0 Å². The van der Waals surface area contributed by atoms with Crippen LogP contribution in [0.3, 0.4) is 0 Å². The van der Waals surface area contributed by atoms with Crippen LogP contribution in [0.25, 0.3) is 0 Å². The van der Waals surface area contributed by atoms with Crippen molar-refractivity contribution in [3.05, 3.63) is 12.2 Å². The molecule has 1 rings (SSSR count). The van der Waals surface area contributed by atoms with Gasteiger partial charge in [-0.1, -0.05) is 12.2 Å². The maximum absolute atomic E-state index is 12.0. The monoisotopic (exact) mass is 386 g/mol. The van der Waals surface area contributed by atoms with E-state index in [0.29, 0.717) is 12.8 Å². The molecule has 0 unspecified atom stereocenters. The van der Waals surface area contributed by atoms with Gasteiger partial charge in [0.15, 0.2) is 0 Å². The number of carbonyl (C=O) groups is 2. The normalized spacial score (nSPS) is 28.4. The molecule has 0 aromatic heterocycles. The SMILES string of the molecule is CC(C)(C)C(=O)OC[C@@H]1O[C@H](COC(=O)C(C)(C)C)[C@@H](O)C/C=C\C[C@H]1O. The maximum atomic E-state index is 12.0. The highest BCUT2D eigenvalue weighted by atomic mass is 16.6. The molecule has 4 atom stereocenters. The Bertz CT molecular complexity index is 481. The minimum atomic E-state index is -0.917. The number of esters is 2. The van der Waals surface area contributed by atoms with Crippen molar-refractivity contribution in [1.82, 2.24) is 0 Å². The highest BCUT2D eigenvalue weighted by Crippen LogP contribution is 2.21. The number of aliphatic hydroxyl groups is 2. The van der Waals surface area contributed by atoms with Crippen molar-refractivity contribution in [2.45, 2.75) is 78.8 Å². The van der Waals surface area contributed by atoms with Crippen molar-refractivity contribution in [3.63, 3.8) is 0 Å². The molecule has 27 heavy (non-hydrogen) atoms. The van der Waals surface area contributed by atoms with Gasteiger partial charge in [-0.05, 0) is 54.4 Å². The lowest BCUT2D eigenvalue weighted by Crippen LogP contribution is -2.44. The van der Waals surface area contributed by atoms with Crippen molar-refractivity contribution in [2.75, 3.05) is 13.2 Å². The van der Waals surface area contributed by atoms with Gasteiger partial charge in [-0.25, -0.2) is 0 Å². The molecule has 0 aromatic rings. The van der Waals surface area contributed by atoms with Crippen LogP contribution in [-0.4, -0.2) is 59.8 Å². The predicted molar refractivity (Wildman–Crippen MR) is 99.9 cm³/mol. The van der Waals surface area contributed by atoms with E-state index in [1.807, 2.05) is 0 Å². The average Bonchev–Trinajstić information content (AvgIpc) is 2.60. The zero-order chi connectivity index (χ0) is 20.8. The number of ether oxygens (including phenoxy) is 3. The molecule has 0 aliphatic carbocycles. The maximum Gasteiger partial charge on any atom is 0.311 e. The summed E-state index contributed by atoms with van der Waals surface area (Å²) in [5.74, 6) is -0.824. The Morgan fingerprint density at radius 3 is 1.48 bits per heavy atom. The third kappa shape index (κ3) is 7.99. The summed E-state index contributed by atoms with van der Waals surface area (Å²) in [5.41, 5.74) is -1.35. The van der Waals surface area contributed by atoms with E-state index in [1.165, 1.54) is 0 Å². The number of hydrogen-bond donors (Lipinski definition) is 2. The summed E-state index contributed by atoms with van der Waals surface area (Å²) in [4.78, 5) is 24.0. The van der Waals surface area contributed by atoms with E-state index in [4.69, 9.17) is 14.2 Å². The van der Waals surface area contributed by atoms with E-state index < -0.39 is 47.2 Å². The van der Waals surface area contributed by atoms with Gasteiger partial charge in [0.25, 0.3) is 0 Å². The molecule has 1 aliphatic rings. The molecule has 0 radical (unpaired) electrons. The summed E-state index contributed by atoms with van der Waals surface area (Å²) in [6.45, 7) is 10.1. The lowest BCUT2D eigenvalue weighted by Gasteiger charge is -2.30. The lowest BCUT2D eigenvalue weighted by atomic mass is 9.97. The van der Waals surface area contributed by atoms with Crippen molar-refractivity contribution in [3.8, 4) is 0 Å². The van der Waals surface area contributed by atoms with Crippen LogP contribution in [0.1, 0.15) is 54.4 Å². The molecule has 0 fully saturated rings. The molecule has 0 bridgehead atoms. The first-order valence-electron chi connectivity index (χ1n) is 9.33. The number of rotatable bonds is 4. The first-order valence-corrected chi connectivity index (χ1v) is 9.33. The summed E-state index contributed by atoms with van der Waals surface area (Å²) in [7, 11) is 0. The van der Waals surface area contributed by atoms with Crippen molar-refractivity contribution >= 4 is 11.9 Å². The van der Waals surface area contributed by atoms with Gasteiger partial charge in [0.2, 0.25) is 0 Å². The van der Waals surface area contributed by atoms with E-state index in [9.17, 15) is 19.8 Å². The van der Waals surface area contributed by atoms with Gasteiger partial charge in [0.05, 0.1) is 23.0 Å². The Balaban J connectivity index is 2.82. The quantitative estimate of drug-likeness (QED) is 0.563.